The maximum Gasteiger partial charge on any atom is 0.188 e. The Morgan fingerprint density at radius 2 is 0.736 bits per heavy atom. The lowest BCUT2D eigenvalue weighted by molar-refractivity contribution is 1.07. The number of nitrogens with zero attached hydrogens (tertiary/aromatic N) is 10. The molecule has 0 aliphatic rings. The molecular weight excluding hydrogens is 885 g/mol. The van der Waals surface area contributed by atoms with Crippen LogP contribution in [0, 0.1) is 51.9 Å². The summed E-state index contributed by atoms with van der Waals surface area (Å²) in [5.41, 5.74) is 13.1. The molecular formula is C62H32N10. The van der Waals surface area contributed by atoms with E-state index in [-0.39, 0.29) is 0 Å². The fourth-order valence-electron chi connectivity index (χ4n) is 9.76. The number of rotatable bonds is 7. The van der Waals surface area contributed by atoms with Gasteiger partial charge in [-0.05, 0) is 126 Å². The van der Waals surface area contributed by atoms with Crippen molar-refractivity contribution in [1.29, 1.82) is 21.0 Å². The molecule has 0 aliphatic carbocycles. The summed E-state index contributed by atoms with van der Waals surface area (Å²) in [4.78, 5) is 19.0. The molecule has 0 fully saturated rings. The van der Waals surface area contributed by atoms with E-state index in [1.54, 1.807) is 18.2 Å². The van der Waals surface area contributed by atoms with Crippen molar-refractivity contribution >= 4 is 49.3 Å². The number of fused-ring (bicyclic) bond motifs is 6. The second-order valence-electron chi connectivity index (χ2n) is 17.2. The summed E-state index contributed by atoms with van der Waals surface area (Å²) in [6, 6.07) is 71.3. The summed E-state index contributed by atoms with van der Waals surface area (Å²) < 4.78 is 4.32. The largest absolute Gasteiger partial charge is 0.309 e. The summed E-state index contributed by atoms with van der Waals surface area (Å²) in [5, 5.41) is 43.5. The molecule has 330 valence electrons. The second-order valence-corrected chi connectivity index (χ2v) is 17.2. The Hall–Kier alpha value is -11.0. The molecule has 0 bridgehead atoms. The predicted octanol–water partition coefficient (Wildman–Crippen LogP) is 14.4. The fraction of sp³-hybridized carbons (Fsp3) is 0. The van der Waals surface area contributed by atoms with E-state index in [1.165, 1.54) is 0 Å². The van der Waals surface area contributed by atoms with Crippen LogP contribution in [0.2, 0.25) is 0 Å². The number of benzene rings is 9. The summed E-state index contributed by atoms with van der Waals surface area (Å²) >= 11 is 0. The van der Waals surface area contributed by atoms with E-state index in [2.05, 4.69) is 68.6 Å². The van der Waals surface area contributed by atoms with Crippen LogP contribution >= 0.6 is 0 Å². The normalized spacial score (nSPS) is 11.0. The Kier molecular flexibility index (Phi) is 10.2. The third-order valence-electron chi connectivity index (χ3n) is 13.1. The first-order valence-electron chi connectivity index (χ1n) is 22.8. The van der Waals surface area contributed by atoms with Gasteiger partial charge in [0.15, 0.2) is 23.2 Å². The zero-order valence-electron chi connectivity index (χ0n) is 37.9. The maximum atomic E-state index is 10.2. The van der Waals surface area contributed by atoms with Gasteiger partial charge in [0, 0.05) is 44.0 Å². The molecule has 0 radical (unpaired) electrons. The first kappa shape index (κ1) is 42.4. The predicted molar refractivity (Wildman–Crippen MR) is 281 cm³/mol. The van der Waals surface area contributed by atoms with Gasteiger partial charge in [0.1, 0.15) is 0 Å². The molecule has 0 saturated carbocycles. The lowest BCUT2D eigenvalue weighted by atomic mass is 9.94. The van der Waals surface area contributed by atoms with E-state index in [1.807, 2.05) is 146 Å². The number of hydrogen-bond acceptors (Lipinski definition) is 7. The molecule has 3 aromatic heterocycles. The first-order chi connectivity index (χ1) is 35.4. The molecule has 0 aliphatic heterocycles. The Morgan fingerprint density at radius 1 is 0.347 bits per heavy atom. The van der Waals surface area contributed by atoms with E-state index in [4.69, 9.17) is 21.5 Å². The van der Waals surface area contributed by atoms with Crippen LogP contribution in [-0.2, 0) is 0 Å². The van der Waals surface area contributed by atoms with Crippen LogP contribution in [-0.4, -0.2) is 24.1 Å². The number of hydrogen-bond donors (Lipinski definition) is 0. The standard InChI is InChI=1S/C62H32N10/c1-67-47-20-26-59-53(33-47)52-30-41(37-66)17-23-58(52)72(59)55-25-19-46(62-69-60(42-10-4-2-5-11-42)68-61(70-62)43-12-6-3-7-13-43)32-49(55)45-18-24-54(48(31-45)44-14-8-9-38(27-44)34-63)71-56-21-15-39(35-64)28-50(56)51-29-40(36-65)16-22-57(51)71/h2-33H. The van der Waals surface area contributed by atoms with Gasteiger partial charge in [-0.15, -0.1) is 0 Å². The van der Waals surface area contributed by atoms with Crippen molar-refractivity contribution in [2.45, 2.75) is 0 Å². The highest BCUT2D eigenvalue weighted by molar-refractivity contribution is 6.12. The van der Waals surface area contributed by atoms with Crippen LogP contribution in [0.3, 0.4) is 0 Å². The highest BCUT2D eigenvalue weighted by Crippen LogP contribution is 2.43. The van der Waals surface area contributed by atoms with Gasteiger partial charge >= 0.3 is 0 Å². The van der Waals surface area contributed by atoms with Crippen LogP contribution in [0.25, 0.3) is 116 Å². The smallest absolute Gasteiger partial charge is 0.188 e. The van der Waals surface area contributed by atoms with E-state index in [0.717, 1.165) is 93.9 Å². The molecule has 10 nitrogen and oxygen atoms in total. The molecule has 9 aromatic carbocycles. The average Bonchev–Trinajstić information content (AvgIpc) is 3.95. The molecule has 0 unspecified atom stereocenters. The zero-order chi connectivity index (χ0) is 48.9. The van der Waals surface area contributed by atoms with Gasteiger partial charge in [-0.25, -0.2) is 19.8 Å². The summed E-state index contributed by atoms with van der Waals surface area (Å²) in [6.07, 6.45) is 0. The topological polar surface area (TPSA) is 148 Å². The Labute approximate surface area is 412 Å². The molecule has 0 saturated heterocycles. The van der Waals surface area contributed by atoms with Crippen molar-refractivity contribution < 1.29 is 0 Å². The van der Waals surface area contributed by atoms with Crippen molar-refractivity contribution in [3.05, 3.63) is 228 Å². The highest BCUT2D eigenvalue weighted by Gasteiger charge is 2.23. The van der Waals surface area contributed by atoms with Gasteiger partial charge in [-0.2, -0.15) is 21.0 Å². The molecule has 0 spiro atoms. The Bertz CT molecular complexity index is 4250. The van der Waals surface area contributed by atoms with Gasteiger partial charge in [0.2, 0.25) is 0 Å². The molecule has 0 N–H and O–H groups in total. The zero-order valence-corrected chi connectivity index (χ0v) is 37.9. The second kappa shape index (κ2) is 17.3. The first-order valence-corrected chi connectivity index (χ1v) is 22.8. The Morgan fingerprint density at radius 3 is 1.21 bits per heavy atom. The SMILES string of the molecule is [C-]#[N+]c1ccc2c(c1)c1cc(C#N)ccc1n2-c1ccc(-c2nc(-c3ccccc3)nc(-c3ccccc3)n2)cc1-c1ccc(-n2c3ccc(C#N)cc3c3cc(C#N)ccc32)c(-c2cccc(C#N)c2)c1. The van der Waals surface area contributed by atoms with Crippen molar-refractivity contribution in [3.8, 4) is 92.1 Å². The van der Waals surface area contributed by atoms with E-state index in [9.17, 15) is 21.0 Å². The molecule has 0 atom stereocenters. The fourth-order valence-corrected chi connectivity index (χ4v) is 9.76. The highest BCUT2D eigenvalue weighted by atomic mass is 15.0. The van der Waals surface area contributed by atoms with Crippen molar-refractivity contribution in [2.24, 2.45) is 0 Å². The van der Waals surface area contributed by atoms with E-state index >= 15 is 0 Å². The number of nitriles is 4. The molecule has 72 heavy (non-hydrogen) atoms. The quantitative estimate of drug-likeness (QED) is 0.145. The van der Waals surface area contributed by atoms with Gasteiger partial charge < -0.3 is 9.13 Å². The third kappa shape index (κ3) is 7.13. The van der Waals surface area contributed by atoms with Crippen LogP contribution < -0.4 is 0 Å². The summed E-state index contributed by atoms with van der Waals surface area (Å²) in [5.74, 6) is 1.51. The van der Waals surface area contributed by atoms with Crippen molar-refractivity contribution in [3.63, 3.8) is 0 Å². The molecule has 10 heteroatoms. The maximum absolute atomic E-state index is 10.2. The molecule has 12 rings (SSSR count). The van der Waals surface area contributed by atoms with E-state index in [0.29, 0.717) is 45.4 Å². The minimum Gasteiger partial charge on any atom is -0.309 e. The monoisotopic (exact) mass is 916 g/mol. The summed E-state index contributed by atoms with van der Waals surface area (Å²) in [6.45, 7) is 7.88. The molecule has 3 heterocycles. The molecule has 12 aromatic rings. The number of aromatic nitrogens is 5. The molecule has 0 amide bonds. The summed E-state index contributed by atoms with van der Waals surface area (Å²) in [7, 11) is 0. The third-order valence-corrected chi connectivity index (χ3v) is 13.1. The average molecular weight is 917 g/mol. The van der Waals surface area contributed by atoms with Crippen LogP contribution in [0.15, 0.2) is 194 Å². The minimum absolute atomic E-state index is 0.468. The van der Waals surface area contributed by atoms with Crippen molar-refractivity contribution in [2.75, 3.05) is 0 Å². The van der Waals surface area contributed by atoms with Crippen molar-refractivity contribution in [1.82, 2.24) is 24.1 Å². The van der Waals surface area contributed by atoms with Gasteiger partial charge in [-0.3, -0.25) is 0 Å². The van der Waals surface area contributed by atoms with Gasteiger partial charge in [-0.1, -0.05) is 84.9 Å². The lowest BCUT2D eigenvalue weighted by Crippen LogP contribution is -2.02. The van der Waals surface area contributed by atoms with Crippen LogP contribution in [0.1, 0.15) is 22.3 Å². The minimum atomic E-state index is 0.468. The lowest BCUT2D eigenvalue weighted by Gasteiger charge is -2.19. The van der Waals surface area contributed by atoms with Crippen LogP contribution in [0.5, 0.6) is 0 Å². The van der Waals surface area contributed by atoms with Gasteiger partial charge in [0.05, 0.1) is 86.5 Å². The Balaban J connectivity index is 1.17. The van der Waals surface area contributed by atoms with Crippen LogP contribution in [0.4, 0.5) is 5.69 Å². The van der Waals surface area contributed by atoms with E-state index < -0.39 is 0 Å². The van der Waals surface area contributed by atoms with Gasteiger partial charge in [0.25, 0.3) is 0 Å².